The Morgan fingerprint density at radius 1 is 1.09 bits per heavy atom. The van der Waals surface area contributed by atoms with Gasteiger partial charge in [-0.15, -0.1) is 0 Å². The topological polar surface area (TPSA) is 118 Å². The molecule has 1 saturated heterocycles. The van der Waals surface area contributed by atoms with Crippen LogP contribution in [-0.2, 0) is 14.8 Å². The van der Waals surface area contributed by atoms with E-state index in [0.717, 1.165) is 5.56 Å². The second-order valence-electron chi connectivity index (χ2n) is 7.98. The average molecular weight is 488 g/mol. The molecular formula is C24H29N3O6S. The van der Waals surface area contributed by atoms with E-state index in [1.54, 1.807) is 24.3 Å². The zero-order valence-electron chi connectivity index (χ0n) is 19.7. The van der Waals surface area contributed by atoms with Gasteiger partial charge >= 0.3 is 0 Å². The van der Waals surface area contributed by atoms with Gasteiger partial charge in [0.15, 0.2) is 11.5 Å². The molecule has 1 atom stereocenters. The van der Waals surface area contributed by atoms with Crippen LogP contribution in [0, 0.1) is 17.2 Å². The molecule has 3 rings (SSSR count). The number of nitriles is 1. The van der Waals surface area contributed by atoms with E-state index in [2.05, 4.69) is 5.32 Å². The Balaban J connectivity index is 1.67. The molecule has 9 nitrogen and oxygen atoms in total. The van der Waals surface area contributed by atoms with E-state index in [-0.39, 0.29) is 41.4 Å². The Kier molecular flexibility index (Phi) is 8.02. The molecule has 0 bridgehead atoms. The molecule has 10 heteroatoms. The molecule has 0 spiro atoms. The van der Waals surface area contributed by atoms with Crippen LogP contribution >= 0.6 is 0 Å². The van der Waals surface area contributed by atoms with Crippen molar-refractivity contribution >= 4 is 15.9 Å². The number of rotatable bonds is 8. The van der Waals surface area contributed by atoms with Crippen LogP contribution in [-0.4, -0.2) is 53.0 Å². The van der Waals surface area contributed by atoms with Crippen LogP contribution < -0.4 is 19.5 Å². The van der Waals surface area contributed by atoms with Crippen molar-refractivity contribution in [3.63, 3.8) is 0 Å². The third-order valence-corrected chi connectivity index (χ3v) is 7.95. The molecule has 0 radical (unpaired) electrons. The van der Waals surface area contributed by atoms with Gasteiger partial charge in [0.05, 0.1) is 37.8 Å². The van der Waals surface area contributed by atoms with E-state index in [1.807, 2.05) is 13.0 Å². The number of carbonyl (C=O) groups excluding carboxylic acids is 1. The Morgan fingerprint density at radius 2 is 1.68 bits per heavy atom. The molecule has 34 heavy (non-hydrogen) atoms. The lowest BCUT2D eigenvalue weighted by Crippen LogP contribution is -2.43. The number of carbonyl (C=O) groups is 1. The van der Waals surface area contributed by atoms with Gasteiger partial charge in [-0.2, -0.15) is 9.57 Å². The highest BCUT2D eigenvalue weighted by Crippen LogP contribution is 2.39. The molecule has 2 aromatic rings. The van der Waals surface area contributed by atoms with Gasteiger partial charge < -0.3 is 19.5 Å². The van der Waals surface area contributed by atoms with E-state index in [0.29, 0.717) is 30.1 Å². The Labute approximate surface area is 200 Å². The molecule has 2 aromatic carbocycles. The molecule has 182 valence electrons. The summed E-state index contributed by atoms with van der Waals surface area (Å²) in [7, 11) is 0.780. The van der Waals surface area contributed by atoms with Crippen LogP contribution in [0.5, 0.6) is 17.2 Å². The number of sulfonamides is 1. The van der Waals surface area contributed by atoms with Gasteiger partial charge in [-0.1, -0.05) is 12.1 Å². The summed E-state index contributed by atoms with van der Waals surface area (Å²) >= 11 is 0. The number of hydrogen-bond donors (Lipinski definition) is 1. The molecule has 1 amide bonds. The summed E-state index contributed by atoms with van der Waals surface area (Å²) in [5.41, 5.74) is 0.900. The fourth-order valence-corrected chi connectivity index (χ4v) is 5.66. The zero-order valence-corrected chi connectivity index (χ0v) is 20.5. The molecular weight excluding hydrogens is 458 g/mol. The maximum absolute atomic E-state index is 13.0. The van der Waals surface area contributed by atoms with Crippen LogP contribution in [0.2, 0.25) is 0 Å². The van der Waals surface area contributed by atoms with Gasteiger partial charge in [0, 0.05) is 19.0 Å². The predicted octanol–water partition coefficient (Wildman–Crippen LogP) is 2.86. The van der Waals surface area contributed by atoms with Gasteiger partial charge in [0.25, 0.3) is 0 Å². The number of amides is 1. The highest BCUT2D eigenvalue weighted by molar-refractivity contribution is 7.89. The summed E-state index contributed by atoms with van der Waals surface area (Å²) in [5, 5.41) is 12.3. The van der Waals surface area contributed by atoms with Crippen LogP contribution in [0.1, 0.15) is 36.9 Å². The SMILES string of the molecule is COc1cc(C(C)NC(=O)C2CCN(S(=O)(=O)c3ccccc3C#N)CC2)cc(OC)c1OC. The molecule has 0 aliphatic carbocycles. The Morgan fingerprint density at radius 3 is 2.21 bits per heavy atom. The van der Waals surface area contributed by atoms with Crippen molar-refractivity contribution < 1.29 is 27.4 Å². The second kappa shape index (κ2) is 10.8. The van der Waals surface area contributed by atoms with Crippen molar-refractivity contribution in [3.8, 4) is 23.3 Å². The minimum atomic E-state index is -3.80. The first kappa shape index (κ1) is 25.3. The van der Waals surface area contributed by atoms with Crippen LogP contribution in [0.15, 0.2) is 41.3 Å². The largest absolute Gasteiger partial charge is 0.493 e. The molecule has 0 aromatic heterocycles. The lowest BCUT2D eigenvalue weighted by Gasteiger charge is -2.31. The van der Waals surface area contributed by atoms with Gasteiger partial charge in [-0.05, 0) is 49.6 Å². The van der Waals surface area contributed by atoms with E-state index in [4.69, 9.17) is 14.2 Å². The molecule has 1 N–H and O–H groups in total. The predicted molar refractivity (Wildman–Crippen MR) is 125 cm³/mol. The number of nitrogens with zero attached hydrogens (tertiary/aromatic N) is 2. The van der Waals surface area contributed by atoms with Crippen molar-refractivity contribution in [1.82, 2.24) is 9.62 Å². The molecule has 1 aliphatic rings. The summed E-state index contributed by atoms with van der Waals surface area (Å²) in [4.78, 5) is 12.9. The molecule has 1 heterocycles. The van der Waals surface area contributed by atoms with Gasteiger partial charge in [-0.3, -0.25) is 4.79 Å². The number of methoxy groups -OCH3 is 3. The zero-order chi connectivity index (χ0) is 24.9. The van der Waals surface area contributed by atoms with Gasteiger partial charge in [-0.25, -0.2) is 8.42 Å². The normalized spacial score (nSPS) is 15.7. The lowest BCUT2D eigenvalue weighted by atomic mass is 9.96. The van der Waals surface area contributed by atoms with Gasteiger partial charge in [0.1, 0.15) is 6.07 Å². The molecule has 1 aliphatic heterocycles. The van der Waals surface area contributed by atoms with Gasteiger partial charge in [0.2, 0.25) is 21.7 Å². The second-order valence-corrected chi connectivity index (χ2v) is 9.88. The number of hydrogen-bond acceptors (Lipinski definition) is 7. The van der Waals surface area contributed by atoms with E-state index >= 15 is 0 Å². The van der Waals surface area contributed by atoms with Crippen molar-refractivity contribution in [1.29, 1.82) is 5.26 Å². The Bertz CT molecular complexity index is 1160. The van der Waals surface area contributed by atoms with Crippen LogP contribution in [0.3, 0.4) is 0 Å². The highest BCUT2D eigenvalue weighted by atomic mass is 32.2. The first-order valence-electron chi connectivity index (χ1n) is 10.9. The first-order chi connectivity index (χ1) is 16.3. The summed E-state index contributed by atoms with van der Waals surface area (Å²) in [6.07, 6.45) is 0.781. The monoisotopic (exact) mass is 487 g/mol. The standard InChI is InChI=1S/C24H29N3O6S/c1-16(19-13-20(31-2)23(33-4)21(14-19)32-3)26-24(28)17-9-11-27(12-10-17)34(29,30)22-8-6-5-7-18(22)15-25/h5-8,13-14,16-17H,9-12H2,1-4H3,(H,26,28). The number of piperidine rings is 1. The smallest absolute Gasteiger partial charge is 0.244 e. The minimum absolute atomic E-state index is 0.00331. The summed E-state index contributed by atoms with van der Waals surface area (Å²) in [6, 6.07) is 11.3. The summed E-state index contributed by atoms with van der Waals surface area (Å²) in [6.45, 7) is 2.27. The van der Waals surface area contributed by atoms with E-state index < -0.39 is 10.0 Å². The van der Waals surface area contributed by atoms with E-state index in [1.165, 1.54) is 37.8 Å². The fraction of sp³-hybridized carbons (Fsp3) is 0.417. The van der Waals surface area contributed by atoms with Crippen LogP contribution in [0.25, 0.3) is 0 Å². The summed E-state index contributed by atoms with van der Waals surface area (Å²) < 4.78 is 43.5. The third kappa shape index (κ3) is 5.11. The highest BCUT2D eigenvalue weighted by Gasteiger charge is 2.33. The lowest BCUT2D eigenvalue weighted by molar-refractivity contribution is -0.126. The van der Waals surface area contributed by atoms with Crippen molar-refractivity contribution in [2.24, 2.45) is 5.92 Å². The number of ether oxygens (including phenoxy) is 3. The third-order valence-electron chi connectivity index (χ3n) is 6.00. The van der Waals surface area contributed by atoms with E-state index in [9.17, 15) is 18.5 Å². The summed E-state index contributed by atoms with van der Waals surface area (Å²) in [5.74, 6) is 1.000. The Hall–Kier alpha value is -3.29. The quantitative estimate of drug-likeness (QED) is 0.608. The molecule has 1 unspecified atom stereocenters. The average Bonchev–Trinajstić information content (AvgIpc) is 2.87. The fourth-order valence-electron chi connectivity index (χ4n) is 4.05. The first-order valence-corrected chi connectivity index (χ1v) is 12.3. The van der Waals surface area contributed by atoms with Crippen molar-refractivity contribution in [2.45, 2.75) is 30.7 Å². The number of nitrogens with one attached hydrogen (secondary N) is 1. The maximum atomic E-state index is 13.0. The van der Waals surface area contributed by atoms with Crippen molar-refractivity contribution in [3.05, 3.63) is 47.5 Å². The van der Waals surface area contributed by atoms with Crippen molar-refractivity contribution in [2.75, 3.05) is 34.4 Å². The molecule has 1 fully saturated rings. The number of benzene rings is 2. The van der Waals surface area contributed by atoms with Crippen LogP contribution in [0.4, 0.5) is 0 Å². The maximum Gasteiger partial charge on any atom is 0.244 e. The minimum Gasteiger partial charge on any atom is -0.493 e. The molecule has 0 saturated carbocycles.